The zero-order chi connectivity index (χ0) is 9.97. The van der Waals surface area contributed by atoms with Crippen LogP contribution in [0.1, 0.15) is 10.4 Å². The molecule has 1 amide bonds. The second kappa shape index (κ2) is 3.25. The molecule has 0 unspecified atom stereocenters. The molecule has 3 N–H and O–H groups in total. The number of tetrazole rings is 1. The third-order valence-corrected chi connectivity index (χ3v) is 1.77. The summed E-state index contributed by atoms with van der Waals surface area (Å²) in [7, 11) is 0. The van der Waals surface area contributed by atoms with Crippen LogP contribution in [-0.4, -0.2) is 26.5 Å². The van der Waals surface area contributed by atoms with Gasteiger partial charge in [-0.15, -0.1) is 5.10 Å². The standard InChI is InChI=1S/C8H7N5O/c9-7(14)5-2-1-3-6(4-5)8-10-12-13-11-8/h1-4H,(H2,9,14)(H,10,11,12,13). The molecular weight excluding hydrogens is 182 g/mol. The van der Waals surface area contributed by atoms with Gasteiger partial charge in [-0.3, -0.25) is 4.79 Å². The van der Waals surface area contributed by atoms with E-state index in [0.717, 1.165) is 5.56 Å². The Morgan fingerprint density at radius 2 is 2.29 bits per heavy atom. The molecule has 0 bridgehead atoms. The number of hydrogen-bond donors (Lipinski definition) is 2. The summed E-state index contributed by atoms with van der Waals surface area (Å²) in [6, 6.07) is 6.77. The van der Waals surface area contributed by atoms with E-state index in [-0.39, 0.29) is 0 Å². The second-order valence-corrected chi connectivity index (χ2v) is 2.69. The number of nitrogens with zero attached hydrogens (tertiary/aromatic N) is 3. The first-order valence-electron chi connectivity index (χ1n) is 3.91. The number of nitrogens with two attached hydrogens (primary N) is 1. The molecule has 0 saturated carbocycles. The normalized spacial score (nSPS) is 10.0. The lowest BCUT2D eigenvalue weighted by Gasteiger charge is -1.97. The molecule has 0 saturated heterocycles. The highest BCUT2D eigenvalue weighted by Gasteiger charge is 2.05. The van der Waals surface area contributed by atoms with Crippen molar-refractivity contribution in [1.29, 1.82) is 0 Å². The Morgan fingerprint density at radius 3 is 2.93 bits per heavy atom. The van der Waals surface area contributed by atoms with Crippen LogP contribution < -0.4 is 5.73 Å². The van der Waals surface area contributed by atoms with Crippen molar-refractivity contribution in [3.05, 3.63) is 29.8 Å². The first-order chi connectivity index (χ1) is 6.77. The van der Waals surface area contributed by atoms with Crippen LogP contribution in [0.4, 0.5) is 0 Å². The molecule has 1 aromatic heterocycles. The van der Waals surface area contributed by atoms with Crippen LogP contribution in [0.2, 0.25) is 0 Å². The first-order valence-corrected chi connectivity index (χ1v) is 3.91. The van der Waals surface area contributed by atoms with Crippen molar-refractivity contribution < 1.29 is 4.79 Å². The Hall–Kier alpha value is -2.24. The smallest absolute Gasteiger partial charge is 0.248 e. The van der Waals surface area contributed by atoms with Gasteiger partial charge in [0.05, 0.1) is 0 Å². The van der Waals surface area contributed by atoms with Gasteiger partial charge in [0.15, 0.2) is 5.82 Å². The minimum atomic E-state index is -0.473. The molecule has 70 valence electrons. The van der Waals surface area contributed by atoms with E-state index in [1.165, 1.54) is 0 Å². The van der Waals surface area contributed by atoms with Gasteiger partial charge in [-0.2, -0.15) is 0 Å². The molecule has 0 aliphatic carbocycles. The lowest BCUT2D eigenvalue weighted by molar-refractivity contribution is 0.100. The average Bonchev–Trinajstić information content (AvgIpc) is 2.71. The molecule has 2 rings (SSSR count). The Bertz CT molecular complexity index is 451. The van der Waals surface area contributed by atoms with Crippen LogP contribution in [0.25, 0.3) is 11.4 Å². The number of benzene rings is 1. The molecule has 0 aliphatic rings. The van der Waals surface area contributed by atoms with Crippen molar-refractivity contribution >= 4 is 5.91 Å². The van der Waals surface area contributed by atoms with Crippen molar-refractivity contribution in [3.8, 4) is 11.4 Å². The number of nitrogens with one attached hydrogen (secondary N) is 1. The average molecular weight is 189 g/mol. The van der Waals surface area contributed by atoms with E-state index in [9.17, 15) is 4.79 Å². The van der Waals surface area contributed by atoms with Crippen LogP contribution in [0.15, 0.2) is 24.3 Å². The molecule has 6 nitrogen and oxygen atoms in total. The highest BCUT2D eigenvalue weighted by atomic mass is 16.1. The van der Waals surface area contributed by atoms with Crippen molar-refractivity contribution in [2.24, 2.45) is 5.73 Å². The molecule has 0 aliphatic heterocycles. The van der Waals surface area contributed by atoms with Crippen molar-refractivity contribution in [2.75, 3.05) is 0 Å². The predicted octanol–water partition coefficient (Wildman–Crippen LogP) is -0.0344. The quantitative estimate of drug-likeness (QED) is 0.692. The minimum absolute atomic E-state index is 0.430. The zero-order valence-corrected chi connectivity index (χ0v) is 7.14. The van der Waals surface area contributed by atoms with E-state index in [1.807, 2.05) is 0 Å². The number of aromatic amines is 1. The minimum Gasteiger partial charge on any atom is -0.366 e. The summed E-state index contributed by atoms with van der Waals surface area (Å²) in [6.45, 7) is 0. The topological polar surface area (TPSA) is 97.6 Å². The van der Waals surface area contributed by atoms with Gasteiger partial charge in [0.25, 0.3) is 0 Å². The van der Waals surface area contributed by atoms with Crippen LogP contribution in [-0.2, 0) is 0 Å². The van der Waals surface area contributed by atoms with Gasteiger partial charge in [0.2, 0.25) is 5.91 Å². The van der Waals surface area contributed by atoms with E-state index in [4.69, 9.17) is 5.73 Å². The van der Waals surface area contributed by atoms with Gasteiger partial charge in [-0.05, 0) is 22.6 Å². The molecule has 14 heavy (non-hydrogen) atoms. The highest BCUT2D eigenvalue weighted by Crippen LogP contribution is 2.14. The van der Waals surface area contributed by atoms with Crippen LogP contribution in [0.5, 0.6) is 0 Å². The van der Waals surface area contributed by atoms with E-state index in [0.29, 0.717) is 11.4 Å². The van der Waals surface area contributed by atoms with Gasteiger partial charge in [-0.25, -0.2) is 5.10 Å². The summed E-state index contributed by atoms with van der Waals surface area (Å²) < 4.78 is 0. The number of carbonyl (C=O) groups is 1. The summed E-state index contributed by atoms with van der Waals surface area (Å²) in [5.74, 6) is 0.0347. The number of rotatable bonds is 2. The number of primary amides is 1. The maximum absolute atomic E-state index is 10.9. The number of aromatic nitrogens is 4. The lowest BCUT2D eigenvalue weighted by Crippen LogP contribution is -2.10. The SMILES string of the molecule is NC(=O)c1cccc(-c2nnn[nH]2)c1. The monoisotopic (exact) mass is 189 g/mol. The van der Waals surface area contributed by atoms with E-state index >= 15 is 0 Å². The number of amides is 1. The summed E-state index contributed by atoms with van der Waals surface area (Å²) in [5.41, 5.74) is 6.29. The van der Waals surface area contributed by atoms with Gasteiger partial charge in [0, 0.05) is 11.1 Å². The Morgan fingerprint density at radius 1 is 1.43 bits per heavy atom. The molecule has 2 aromatic rings. The summed E-state index contributed by atoms with van der Waals surface area (Å²) in [4.78, 5) is 10.9. The van der Waals surface area contributed by atoms with Gasteiger partial charge in [-0.1, -0.05) is 12.1 Å². The second-order valence-electron chi connectivity index (χ2n) is 2.69. The fraction of sp³-hybridized carbons (Fsp3) is 0. The third kappa shape index (κ3) is 1.45. The van der Waals surface area contributed by atoms with Crippen molar-refractivity contribution in [3.63, 3.8) is 0 Å². The lowest BCUT2D eigenvalue weighted by atomic mass is 10.1. The fourth-order valence-electron chi connectivity index (χ4n) is 1.10. The van der Waals surface area contributed by atoms with Gasteiger partial charge >= 0.3 is 0 Å². The van der Waals surface area contributed by atoms with Crippen molar-refractivity contribution in [1.82, 2.24) is 20.6 Å². The largest absolute Gasteiger partial charge is 0.366 e. The van der Waals surface area contributed by atoms with E-state index in [2.05, 4.69) is 20.6 Å². The first kappa shape index (κ1) is 8.36. The van der Waals surface area contributed by atoms with E-state index < -0.39 is 5.91 Å². The highest BCUT2D eigenvalue weighted by molar-refractivity contribution is 5.93. The van der Waals surface area contributed by atoms with Gasteiger partial charge in [0.1, 0.15) is 0 Å². The molecule has 0 atom stereocenters. The molecule has 1 heterocycles. The molecule has 0 fully saturated rings. The maximum atomic E-state index is 10.9. The molecular formula is C8H7N5O. The third-order valence-electron chi connectivity index (χ3n) is 1.77. The Balaban J connectivity index is 2.46. The number of H-pyrrole nitrogens is 1. The maximum Gasteiger partial charge on any atom is 0.248 e. The van der Waals surface area contributed by atoms with Crippen LogP contribution in [0.3, 0.4) is 0 Å². The summed E-state index contributed by atoms with van der Waals surface area (Å²) in [6.07, 6.45) is 0. The Labute approximate surface area is 79.1 Å². The summed E-state index contributed by atoms with van der Waals surface area (Å²) in [5, 5.41) is 13.2. The van der Waals surface area contributed by atoms with Crippen LogP contribution >= 0.6 is 0 Å². The molecule has 6 heteroatoms. The fourth-order valence-corrected chi connectivity index (χ4v) is 1.10. The molecule has 0 spiro atoms. The van der Waals surface area contributed by atoms with Gasteiger partial charge < -0.3 is 5.73 Å². The van der Waals surface area contributed by atoms with Crippen LogP contribution in [0, 0.1) is 0 Å². The van der Waals surface area contributed by atoms with Crippen molar-refractivity contribution in [2.45, 2.75) is 0 Å². The number of hydrogen-bond acceptors (Lipinski definition) is 4. The Kier molecular flexibility index (Phi) is 1.94. The molecule has 1 aromatic carbocycles. The van der Waals surface area contributed by atoms with E-state index in [1.54, 1.807) is 24.3 Å². The number of carbonyl (C=O) groups excluding carboxylic acids is 1. The molecule has 0 radical (unpaired) electrons. The zero-order valence-electron chi connectivity index (χ0n) is 7.14. The summed E-state index contributed by atoms with van der Waals surface area (Å²) >= 11 is 0. The predicted molar refractivity (Wildman–Crippen MR) is 48.1 cm³/mol.